The molecule has 98 valence electrons. The predicted molar refractivity (Wildman–Crippen MR) is 68.2 cm³/mol. The van der Waals surface area contributed by atoms with Gasteiger partial charge in [0.2, 0.25) is 5.91 Å². The van der Waals surface area contributed by atoms with Gasteiger partial charge < -0.3 is 14.7 Å². The van der Waals surface area contributed by atoms with Gasteiger partial charge in [-0.25, -0.2) is 0 Å². The molecule has 0 aliphatic carbocycles. The number of methoxy groups -OCH3 is 1. The Kier molecular flexibility index (Phi) is 3.87. The van der Waals surface area contributed by atoms with Crippen molar-refractivity contribution in [2.45, 2.75) is 38.5 Å². The first kappa shape index (κ1) is 12.9. The van der Waals surface area contributed by atoms with E-state index in [0.717, 1.165) is 17.7 Å². The Hall–Kier alpha value is -1.55. The van der Waals surface area contributed by atoms with E-state index in [0.29, 0.717) is 13.0 Å². The smallest absolute Gasteiger partial charge is 0.223 e. The average molecular weight is 249 g/mol. The van der Waals surface area contributed by atoms with Gasteiger partial charge in [-0.15, -0.1) is 0 Å². The van der Waals surface area contributed by atoms with Gasteiger partial charge in [-0.05, 0) is 31.0 Å². The highest BCUT2D eigenvalue weighted by Gasteiger charge is 2.33. The molecule has 1 fully saturated rings. The minimum absolute atomic E-state index is 0.0559. The summed E-state index contributed by atoms with van der Waals surface area (Å²) in [6, 6.07) is 7.60. The number of hydrogen-bond acceptors (Lipinski definition) is 3. The van der Waals surface area contributed by atoms with Gasteiger partial charge >= 0.3 is 0 Å². The molecule has 1 aliphatic rings. The summed E-state index contributed by atoms with van der Waals surface area (Å²) in [4.78, 5) is 13.6. The first-order valence-corrected chi connectivity index (χ1v) is 6.22. The van der Waals surface area contributed by atoms with Crippen molar-refractivity contribution in [1.29, 1.82) is 0 Å². The van der Waals surface area contributed by atoms with Crippen LogP contribution in [0.15, 0.2) is 24.3 Å². The molecule has 1 aromatic carbocycles. The Morgan fingerprint density at radius 1 is 1.44 bits per heavy atom. The summed E-state index contributed by atoms with van der Waals surface area (Å²) in [5.74, 6) is 0.926. The Balaban J connectivity index is 2.08. The van der Waals surface area contributed by atoms with Crippen molar-refractivity contribution in [3.8, 4) is 5.75 Å². The fourth-order valence-corrected chi connectivity index (χ4v) is 2.39. The van der Waals surface area contributed by atoms with E-state index in [1.54, 1.807) is 18.9 Å². The fourth-order valence-electron chi connectivity index (χ4n) is 2.39. The van der Waals surface area contributed by atoms with Crippen LogP contribution in [0.5, 0.6) is 5.75 Å². The molecule has 0 radical (unpaired) electrons. The zero-order valence-corrected chi connectivity index (χ0v) is 10.8. The van der Waals surface area contributed by atoms with Crippen LogP contribution >= 0.6 is 0 Å². The second kappa shape index (κ2) is 5.40. The van der Waals surface area contributed by atoms with E-state index in [1.165, 1.54) is 0 Å². The third kappa shape index (κ3) is 2.64. The molecule has 0 spiro atoms. The Labute approximate surface area is 107 Å². The molecule has 1 aliphatic heterocycles. The van der Waals surface area contributed by atoms with Crippen LogP contribution in [0.4, 0.5) is 0 Å². The van der Waals surface area contributed by atoms with Gasteiger partial charge in [0.05, 0.1) is 19.3 Å². The molecular formula is C14H19NO3. The molecule has 2 atom stereocenters. The van der Waals surface area contributed by atoms with Crippen LogP contribution in [-0.4, -0.2) is 35.2 Å². The molecule has 0 unspecified atom stereocenters. The molecule has 0 aromatic heterocycles. The highest BCUT2D eigenvalue weighted by atomic mass is 16.5. The molecule has 18 heavy (non-hydrogen) atoms. The normalized spacial score (nSPS) is 21.2. The van der Waals surface area contributed by atoms with Crippen molar-refractivity contribution in [1.82, 2.24) is 4.90 Å². The second-order valence-electron chi connectivity index (χ2n) is 4.72. The first-order chi connectivity index (χ1) is 8.61. The summed E-state index contributed by atoms with van der Waals surface area (Å²) >= 11 is 0. The van der Waals surface area contributed by atoms with Gasteiger partial charge in [-0.2, -0.15) is 0 Å². The molecule has 0 bridgehead atoms. The Morgan fingerprint density at radius 3 is 2.67 bits per heavy atom. The van der Waals surface area contributed by atoms with Gasteiger partial charge in [-0.3, -0.25) is 4.79 Å². The van der Waals surface area contributed by atoms with Crippen LogP contribution in [0.25, 0.3) is 0 Å². The lowest BCUT2D eigenvalue weighted by Gasteiger charge is -2.27. The van der Waals surface area contributed by atoms with E-state index in [1.807, 2.05) is 24.3 Å². The summed E-state index contributed by atoms with van der Waals surface area (Å²) in [5, 5.41) is 9.69. The van der Waals surface area contributed by atoms with Gasteiger partial charge in [0.15, 0.2) is 0 Å². The van der Waals surface area contributed by atoms with Crippen molar-refractivity contribution < 1.29 is 14.6 Å². The number of carbonyl (C=O) groups excluding carboxylic acids is 1. The van der Waals surface area contributed by atoms with E-state index >= 15 is 0 Å². The number of rotatable bonds is 4. The van der Waals surface area contributed by atoms with Gasteiger partial charge in [0.25, 0.3) is 0 Å². The summed E-state index contributed by atoms with van der Waals surface area (Å²) < 4.78 is 5.10. The number of aliphatic hydroxyl groups excluding tert-OH is 1. The number of carbonyl (C=O) groups is 1. The zero-order chi connectivity index (χ0) is 13.1. The van der Waals surface area contributed by atoms with Crippen LogP contribution in [0.2, 0.25) is 0 Å². The number of amides is 1. The number of nitrogens with zero attached hydrogens (tertiary/aromatic N) is 1. The fraction of sp³-hybridized carbons (Fsp3) is 0.500. The molecule has 1 N–H and O–H groups in total. The van der Waals surface area contributed by atoms with Crippen LogP contribution in [0.3, 0.4) is 0 Å². The quantitative estimate of drug-likeness (QED) is 0.881. The minimum Gasteiger partial charge on any atom is -0.497 e. The third-order valence-electron chi connectivity index (χ3n) is 3.44. The van der Waals surface area contributed by atoms with Crippen LogP contribution in [-0.2, 0) is 11.3 Å². The number of aliphatic hydroxyl groups is 1. The highest BCUT2D eigenvalue weighted by Crippen LogP contribution is 2.24. The lowest BCUT2D eigenvalue weighted by Crippen LogP contribution is -2.39. The lowest BCUT2D eigenvalue weighted by molar-refractivity contribution is -0.130. The molecule has 4 heteroatoms. The monoisotopic (exact) mass is 249 g/mol. The molecule has 1 amide bonds. The molecule has 1 saturated heterocycles. The lowest BCUT2D eigenvalue weighted by atomic mass is 10.1. The second-order valence-corrected chi connectivity index (χ2v) is 4.72. The van der Waals surface area contributed by atoms with Gasteiger partial charge in [0, 0.05) is 13.0 Å². The molecular weight excluding hydrogens is 230 g/mol. The van der Waals surface area contributed by atoms with Gasteiger partial charge in [0.1, 0.15) is 5.75 Å². The van der Waals surface area contributed by atoms with Crippen molar-refractivity contribution >= 4 is 5.91 Å². The van der Waals surface area contributed by atoms with Gasteiger partial charge in [-0.1, -0.05) is 12.1 Å². The highest BCUT2D eigenvalue weighted by molar-refractivity contribution is 5.78. The minimum atomic E-state index is -0.477. The summed E-state index contributed by atoms with van der Waals surface area (Å²) in [5.41, 5.74) is 1.05. The summed E-state index contributed by atoms with van der Waals surface area (Å²) in [7, 11) is 1.63. The summed E-state index contributed by atoms with van der Waals surface area (Å²) in [6.07, 6.45) is 0.799. The molecule has 0 saturated carbocycles. The van der Waals surface area contributed by atoms with Crippen molar-refractivity contribution in [3.05, 3.63) is 29.8 Å². The average Bonchev–Trinajstić information content (AvgIpc) is 2.72. The number of ether oxygens (including phenoxy) is 1. The molecule has 4 nitrogen and oxygen atoms in total. The van der Waals surface area contributed by atoms with E-state index in [4.69, 9.17) is 4.74 Å². The molecule has 1 heterocycles. The van der Waals surface area contributed by atoms with Crippen LogP contribution in [0.1, 0.15) is 25.3 Å². The molecule has 1 aromatic rings. The van der Waals surface area contributed by atoms with Crippen LogP contribution in [0, 0.1) is 0 Å². The maximum absolute atomic E-state index is 11.8. The maximum atomic E-state index is 11.8. The van der Waals surface area contributed by atoms with Crippen LogP contribution < -0.4 is 4.74 Å². The van der Waals surface area contributed by atoms with E-state index < -0.39 is 6.10 Å². The van der Waals surface area contributed by atoms with E-state index in [9.17, 15) is 9.90 Å². The van der Waals surface area contributed by atoms with Crippen molar-refractivity contribution in [2.24, 2.45) is 0 Å². The first-order valence-electron chi connectivity index (χ1n) is 6.22. The van der Waals surface area contributed by atoms with E-state index in [2.05, 4.69) is 0 Å². The van der Waals surface area contributed by atoms with E-state index in [-0.39, 0.29) is 11.9 Å². The molecule has 2 rings (SSSR count). The summed E-state index contributed by atoms with van der Waals surface area (Å²) in [6.45, 7) is 2.29. The maximum Gasteiger partial charge on any atom is 0.223 e. The SMILES string of the molecule is COc1ccc(CN2C(=O)CC[C@@H]2[C@@H](C)O)cc1. The predicted octanol–water partition coefficient (Wildman–Crippen LogP) is 1.57. The Bertz CT molecular complexity index is 414. The zero-order valence-electron chi connectivity index (χ0n) is 10.8. The number of likely N-dealkylation sites (tertiary alicyclic amines) is 1. The van der Waals surface area contributed by atoms with Crippen molar-refractivity contribution in [2.75, 3.05) is 7.11 Å². The number of hydrogen-bond donors (Lipinski definition) is 1. The standard InChI is InChI=1S/C14H19NO3/c1-10(16)13-7-8-14(17)15(13)9-11-3-5-12(18-2)6-4-11/h3-6,10,13,16H,7-9H2,1-2H3/t10-,13-/m1/s1. The largest absolute Gasteiger partial charge is 0.497 e. The number of benzene rings is 1. The topological polar surface area (TPSA) is 49.8 Å². The third-order valence-corrected chi connectivity index (χ3v) is 3.44. The Morgan fingerprint density at radius 2 is 2.11 bits per heavy atom. The van der Waals surface area contributed by atoms with Crippen molar-refractivity contribution in [3.63, 3.8) is 0 Å².